The summed E-state index contributed by atoms with van der Waals surface area (Å²) in [6, 6.07) is 6.69. The standard InChI is InChI=1S/C15H14N2O4/c1-10-7-16-14(11(2)15(10)17(19)20)9-21-13-5-3-4-12(6-13)8-18/h3-8H,9H2,1-2H3. The highest BCUT2D eigenvalue weighted by Crippen LogP contribution is 2.25. The van der Waals surface area contributed by atoms with Gasteiger partial charge in [0, 0.05) is 17.3 Å². The van der Waals surface area contributed by atoms with Gasteiger partial charge in [-0.3, -0.25) is 19.9 Å². The zero-order valence-electron chi connectivity index (χ0n) is 11.7. The van der Waals surface area contributed by atoms with Crippen LogP contribution in [-0.4, -0.2) is 16.2 Å². The van der Waals surface area contributed by atoms with Crippen LogP contribution in [0.3, 0.4) is 0 Å². The summed E-state index contributed by atoms with van der Waals surface area (Å²) >= 11 is 0. The first-order chi connectivity index (χ1) is 10.0. The Labute approximate surface area is 121 Å². The Kier molecular flexibility index (Phi) is 4.27. The Morgan fingerprint density at radius 2 is 2.14 bits per heavy atom. The van der Waals surface area contributed by atoms with E-state index in [0.29, 0.717) is 28.1 Å². The number of rotatable bonds is 5. The first-order valence-corrected chi connectivity index (χ1v) is 6.30. The molecule has 0 bridgehead atoms. The topological polar surface area (TPSA) is 82.3 Å². The first-order valence-electron chi connectivity index (χ1n) is 6.30. The highest BCUT2D eigenvalue weighted by atomic mass is 16.6. The van der Waals surface area contributed by atoms with Crippen molar-refractivity contribution in [2.45, 2.75) is 20.5 Å². The lowest BCUT2D eigenvalue weighted by Gasteiger charge is -2.09. The quantitative estimate of drug-likeness (QED) is 0.479. The van der Waals surface area contributed by atoms with Crippen molar-refractivity contribution in [2.75, 3.05) is 0 Å². The van der Waals surface area contributed by atoms with Crippen LogP contribution in [0.15, 0.2) is 30.5 Å². The number of ether oxygens (including phenoxy) is 1. The third-order valence-corrected chi connectivity index (χ3v) is 3.13. The number of hydrogen-bond donors (Lipinski definition) is 0. The van der Waals surface area contributed by atoms with Gasteiger partial charge in [0.05, 0.1) is 16.2 Å². The van der Waals surface area contributed by atoms with Crippen LogP contribution in [0.25, 0.3) is 0 Å². The Balaban J connectivity index is 2.22. The second-order valence-corrected chi connectivity index (χ2v) is 4.60. The van der Waals surface area contributed by atoms with E-state index in [0.717, 1.165) is 6.29 Å². The van der Waals surface area contributed by atoms with Crippen LogP contribution < -0.4 is 4.74 Å². The number of benzene rings is 1. The first kappa shape index (κ1) is 14.6. The van der Waals surface area contributed by atoms with Crippen molar-refractivity contribution in [1.82, 2.24) is 4.98 Å². The zero-order valence-corrected chi connectivity index (χ0v) is 11.7. The molecule has 0 fully saturated rings. The molecule has 0 unspecified atom stereocenters. The number of nitro groups is 1. The number of aromatic nitrogens is 1. The van der Waals surface area contributed by atoms with E-state index >= 15 is 0 Å². The minimum Gasteiger partial charge on any atom is -0.487 e. The molecule has 0 aliphatic heterocycles. The molecule has 1 aromatic carbocycles. The predicted octanol–water partition coefficient (Wildman–Crippen LogP) is 3.00. The molecule has 2 aromatic rings. The van der Waals surface area contributed by atoms with Crippen molar-refractivity contribution in [3.05, 3.63) is 63.0 Å². The van der Waals surface area contributed by atoms with Gasteiger partial charge in [-0.1, -0.05) is 12.1 Å². The summed E-state index contributed by atoms with van der Waals surface area (Å²) in [5, 5.41) is 11.1. The van der Waals surface area contributed by atoms with Crippen LogP contribution in [0.1, 0.15) is 27.2 Å². The molecular weight excluding hydrogens is 272 g/mol. The lowest BCUT2D eigenvalue weighted by atomic mass is 10.1. The van der Waals surface area contributed by atoms with Crippen molar-refractivity contribution in [2.24, 2.45) is 0 Å². The third-order valence-electron chi connectivity index (χ3n) is 3.13. The third kappa shape index (κ3) is 3.22. The molecule has 0 radical (unpaired) electrons. The van der Waals surface area contributed by atoms with Gasteiger partial charge in [-0.2, -0.15) is 0 Å². The van der Waals surface area contributed by atoms with Crippen molar-refractivity contribution in [1.29, 1.82) is 0 Å². The molecule has 0 aliphatic rings. The van der Waals surface area contributed by atoms with Gasteiger partial charge >= 0.3 is 0 Å². The van der Waals surface area contributed by atoms with Crippen LogP contribution in [-0.2, 0) is 6.61 Å². The van der Waals surface area contributed by atoms with E-state index in [1.807, 2.05) is 0 Å². The van der Waals surface area contributed by atoms with Gasteiger partial charge in [0.25, 0.3) is 5.69 Å². The van der Waals surface area contributed by atoms with E-state index in [-0.39, 0.29) is 12.3 Å². The fourth-order valence-electron chi connectivity index (χ4n) is 2.02. The largest absolute Gasteiger partial charge is 0.487 e. The maximum Gasteiger partial charge on any atom is 0.278 e. The molecule has 0 saturated carbocycles. The molecule has 0 aliphatic carbocycles. The zero-order chi connectivity index (χ0) is 15.4. The molecule has 0 saturated heterocycles. The number of carbonyl (C=O) groups is 1. The molecule has 1 aromatic heterocycles. The maximum atomic E-state index is 11.1. The molecule has 6 heteroatoms. The maximum absolute atomic E-state index is 11.1. The summed E-state index contributed by atoms with van der Waals surface area (Å²) in [4.78, 5) is 25.5. The van der Waals surface area contributed by atoms with Crippen molar-refractivity contribution < 1.29 is 14.5 Å². The molecule has 6 nitrogen and oxygen atoms in total. The van der Waals surface area contributed by atoms with Gasteiger partial charge in [0.15, 0.2) is 0 Å². The van der Waals surface area contributed by atoms with Gasteiger partial charge in [-0.25, -0.2) is 0 Å². The van der Waals surface area contributed by atoms with E-state index in [1.165, 1.54) is 6.20 Å². The summed E-state index contributed by atoms with van der Waals surface area (Å²) in [6.45, 7) is 3.41. The number of nitrogens with zero attached hydrogens (tertiary/aromatic N) is 2. The van der Waals surface area contributed by atoms with Gasteiger partial charge < -0.3 is 4.74 Å². The molecule has 1 heterocycles. The lowest BCUT2D eigenvalue weighted by Crippen LogP contribution is -2.05. The van der Waals surface area contributed by atoms with Crippen molar-refractivity contribution in [3.8, 4) is 5.75 Å². The van der Waals surface area contributed by atoms with Gasteiger partial charge in [-0.05, 0) is 26.0 Å². The van der Waals surface area contributed by atoms with E-state index in [4.69, 9.17) is 4.74 Å². The highest BCUT2D eigenvalue weighted by molar-refractivity contribution is 5.75. The van der Waals surface area contributed by atoms with Gasteiger partial charge in [0.2, 0.25) is 0 Å². The minimum atomic E-state index is -0.414. The number of aldehydes is 1. The predicted molar refractivity (Wildman–Crippen MR) is 76.5 cm³/mol. The smallest absolute Gasteiger partial charge is 0.278 e. The number of carbonyl (C=O) groups excluding carboxylic acids is 1. The van der Waals surface area contributed by atoms with Crippen LogP contribution in [0, 0.1) is 24.0 Å². The molecule has 0 N–H and O–H groups in total. The second kappa shape index (κ2) is 6.13. The number of pyridine rings is 1. The molecule has 0 amide bonds. The Morgan fingerprint density at radius 1 is 1.38 bits per heavy atom. The van der Waals surface area contributed by atoms with Gasteiger partial charge in [0.1, 0.15) is 18.6 Å². The monoisotopic (exact) mass is 286 g/mol. The van der Waals surface area contributed by atoms with E-state index in [1.54, 1.807) is 38.1 Å². The average molecular weight is 286 g/mol. The molecular formula is C15H14N2O4. The second-order valence-electron chi connectivity index (χ2n) is 4.60. The summed E-state index contributed by atoms with van der Waals surface area (Å²) in [6.07, 6.45) is 2.19. The molecule has 2 rings (SSSR count). The summed E-state index contributed by atoms with van der Waals surface area (Å²) in [7, 11) is 0. The molecule has 0 spiro atoms. The summed E-state index contributed by atoms with van der Waals surface area (Å²) < 4.78 is 5.55. The van der Waals surface area contributed by atoms with Gasteiger partial charge in [-0.15, -0.1) is 0 Å². The SMILES string of the molecule is Cc1cnc(COc2cccc(C=O)c2)c(C)c1[N+](=O)[O-]. The Morgan fingerprint density at radius 3 is 2.81 bits per heavy atom. The summed E-state index contributed by atoms with van der Waals surface area (Å²) in [5.74, 6) is 0.518. The lowest BCUT2D eigenvalue weighted by molar-refractivity contribution is -0.386. The molecule has 21 heavy (non-hydrogen) atoms. The Hall–Kier alpha value is -2.76. The van der Waals surface area contributed by atoms with Crippen LogP contribution in [0.4, 0.5) is 5.69 Å². The van der Waals surface area contributed by atoms with Crippen LogP contribution in [0.5, 0.6) is 5.75 Å². The fourth-order valence-corrected chi connectivity index (χ4v) is 2.02. The Bertz CT molecular complexity index is 698. The number of aryl methyl sites for hydroxylation is 1. The van der Waals surface area contributed by atoms with Crippen molar-refractivity contribution >= 4 is 12.0 Å². The van der Waals surface area contributed by atoms with E-state index in [2.05, 4.69) is 4.98 Å². The van der Waals surface area contributed by atoms with Crippen LogP contribution >= 0.6 is 0 Å². The molecule has 0 atom stereocenters. The minimum absolute atomic E-state index is 0.0604. The van der Waals surface area contributed by atoms with Crippen LogP contribution in [0.2, 0.25) is 0 Å². The number of hydrogen-bond acceptors (Lipinski definition) is 5. The van der Waals surface area contributed by atoms with Crippen molar-refractivity contribution in [3.63, 3.8) is 0 Å². The van der Waals surface area contributed by atoms with E-state index < -0.39 is 4.92 Å². The molecule has 108 valence electrons. The summed E-state index contributed by atoms with van der Waals surface area (Å²) in [5.41, 5.74) is 2.08. The normalized spacial score (nSPS) is 10.2. The fraction of sp³-hybridized carbons (Fsp3) is 0.200. The highest BCUT2D eigenvalue weighted by Gasteiger charge is 2.18. The van der Waals surface area contributed by atoms with E-state index in [9.17, 15) is 14.9 Å². The average Bonchev–Trinajstić information content (AvgIpc) is 2.46.